The fourth-order valence-electron chi connectivity index (χ4n) is 1.89. The van der Waals surface area contributed by atoms with E-state index >= 15 is 0 Å². The Morgan fingerprint density at radius 1 is 1.26 bits per heavy atom. The van der Waals surface area contributed by atoms with Gasteiger partial charge in [0.1, 0.15) is 6.07 Å². The Hall–Kier alpha value is -1.79. The Kier molecular flexibility index (Phi) is 5.00. The fraction of sp³-hybridized carbons (Fsp3) is 0.312. The van der Waals surface area contributed by atoms with Gasteiger partial charge in [0.15, 0.2) is 0 Å². The number of rotatable bonds is 6. The molecule has 0 spiro atoms. The summed E-state index contributed by atoms with van der Waals surface area (Å²) in [6.07, 6.45) is 3.64. The number of hydrogen-bond acceptors (Lipinski definition) is 3. The lowest BCUT2D eigenvalue weighted by Gasteiger charge is -2.06. The smallest absolute Gasteiger partial charge is 0.100 e. The zero-order valence-corrected chi connectivity index (χ0v) is 12.0. The summed E-state index contributed by atoms with van der Waals surface area (Å²) in [6, 6.07) is 12.7. The quantitative estimate of drug-likeness (QED) is 0.834. The zero-order valence-electron chi connectivity index (χ0n) is 11.1. The van der Waals surface area contributed by atoms with E-state index in [-0.39, 0.29) is 0 Å². The van der Waals surface area contributed by atoms with Crippen molar-refractivity contribution in [1.82, 2.24) is 0 Å². The van der Waals surface area contributed by atoms with Crippen molar-refractivity contribution in [3.63, 3.8) is 0 Å². The lowest BCUT2D eigenvalue weighted by Crippen LogP contribution is -1.97. The predicted molar refractivity (Wildman–Crippen MR) is 81.4 cm³/mol. The molecule has 0 radical (unpaired) electrons. The fourth-order valence-corrected chi connectivity index (χ4v) is 2.64. The second-order valence-electron chi connectivity index (χ2n) is 4.57. The molecule has 0 aliphatic rings. The molecule has 98 valence electrons. The molecule has 2 aromatic rings. The average Bonchev–Trinajstić information content (AvgIpc) is 2.92. The van der Waals surface area contributed by atoms with Gasteiger partial charge in [-0.3, -0.25) is 0 Å². The molecule has 1 aromatic heterocycles. The summed E-state index contributed by atoms with van der Waals surface area (Å²) in [7, 11) is 0. The first kappa shape index (κ1) is 13.6. The lowest BCUT2D eigenvalue weighted by atomic mass is 10.1. The Bertz CT molecular complexity index is 549. The largest absolute Gasteiger partial charge is 0.380 e. The van der Waals surface area contributed by atoms with E-state index in [0.717, 1.165) is 24.2 Å². The van der Waals surface area contributed by atoms with Gasteiger partial charge in [-0.05, 0) is 36.6 Å². The van der Waals surface area contributed by atoms with Crippen LogP contribution in [0.25, 0.3) is 0 Å². The second-order valence-corrected chi connectivity index (χ2v) is 5.56. The standard InChI is InChI=1S/C16H18N2S/c1-2-3-4-13-5-7-15(8-6-13)18-11-16-9-14(10-17)12-19-16/h5-9,12,18H,2-4,11H2,1H3. The number of nitriles is 1. The van der Waals surface area contributed by atoms with Crippen molar-refractivity contribution in [2.45, 2.75) is 32.7 Å². The number of thiophene rings is 1. The molecule has 0 unspecified atom stereocenters. The van der Waals surface area contributed by atoms with Crippen LogP contribution >= 0.6 is 11.3 Å². The van der Waals surface area contributed by atoms with E-state index in [1.54, 1.807) is 11.3 Å². The van der Waals surface area contributed by atoms with Gasteiger partial charge in [0.05, 0.1) is 5.56 Å². The lowest BCUT2D eigenvalue weighted by molar-refractivity contribution is 0.795. The molecular formula is C16H18N2S. The van der Waals surface area contributed by atoms with Gasteiger partial charge >= 0.3 is 0 Å². The third-order valence-corrected chi connectivity index (χ3v) is 3.96. The number of aryl methyl sites for hydroxylation is 1. The van der Waals surface area contributed by atoms with Crippen LogP contribution in [0.4, 0.5) is 5.69 Å². The maximum absolute atomic E-state index is 8.77. The number of hydrogen-bond donors (Lipinski definition) is 1. The number of unbranched alkanes of at least 4 members (excludes halogenated alkanes) is 1. The summed E-state index contributed by atoms with van der Waals surface area (Å²) < 4.78 is 0. The van der Waals surface area contributed by atoms with Gasteiger partial charge in [-0.15, -0.1) is 11.3 Å². The van der Waals surface area contributed by atoms with E-state index in [4.69, 9.17) is 5.26 Å². The highest BCUT2D eigenvalue weighted by molar-refractivity contribution is 7.10. The van der Waals surface area contributed by atoms with E-state index in [0.29, 0.717) is 0 Å². The van der Waals surface area contributed by atoms with Gasteiger partial charge in [-0.2, -0.15) is 5.26 Å². The van der Waals surface area contributed by atoms with Crippen molar-refractivity contribution in [1.29, 1.82) is 5.26 Å². The Morgan fingerprint density at radius 2 is 2.05 bits per heavy atom. The van der Waals surface area contributed by atoms with Gasteiger partial charge < -0.3 is 5.32 Å². The molecule has 0 bridgehead atoms. The molecule has 2 nitrogen and oxygen atoms in total. The van der Waals surface area contributed by atoms with Crippen LogP contribution in [0, 0.1) is 11.3 Å². The molecule has 1 aromatic carbocycles. The predicted octanol–water partition coefficient (Wildman–Crippen LogP) is 4.57. The summed E-state index contributed by atoms with van der Waals surface area (Å²) in [5.41, 5.74) is 3.28. The summed E-state index contributed by atoms with van der Waals surface area (Å²) in [5.74, 6) is 0. The summed E-state index contributed by atoms with van der Waals surface area (Å²) >= 11 is 1.62. The van der Waals surface area contributed by atoms with Crippen LogP contribution in [0.2, 0.25) is 0 Å². The highest BCUT2D eigenvalue weighted by atomic mass is 32.1. The van der Waals surface area contributed by atoms with E-state index in [1.807, 2.05) is 11.4 Å². The van der Waals surface area contributed by atoms with Crippen LogP contribution < -0.4 is 5.32 Å². The molecule has 3 heteroatoms. The Labute approximate surface area is 118 Å². The summed E-state index contributed by atoms with van der Waals surface area (Å²) in [5, 5.41) is 14.1. The first-order chi connectivity index (χ1) is 9.31. The average molecular weight is 270 g/mol. The van der Waals surface area contributed by atoms with E-state index in [9.17, 15) is 0 Å². The first-order valence-electron chi connectivity index (χ1n) is 6.62. The molecule has 19 heavy (non-hydrogen) atoms. The normalized spacial score (nSPS) is 10.1. The van der Waals surface area contributed by atoms with Gasteiger partial charge in [-0.1, -0.05) is 25.5 Å². The second kappa shape index (κ2) is 6.96. The molecule has 0 atom stereocenters. The molecule has 2 rings (SSSR count). The molecular weight excluding hydrogens is 252 g/mol. The first-order valence-corrected chi connectivity index (χ1v) is 7.50. The minimum Gasteiger partial charge on any atom is -0.380 e. The van der Waals surface area contributed by atoms with Crippen LogP contribution in [-0.2, 0) is 13.0 Å². The van der Waals surface area contributed by atoms with Crippen LogP contribution in [0.1, 0.15) is 35.8 Å². The number of benzene rings is 1. The van der Waals surface area contributed by atoms with E-state index in [1.165, 1.54) is 23.3 Å². The van der Waals surface area contributed by atoms with Gasteiger partial charge in [0, 0.05) is 22.5 Å². The molecule has 1 N–H and O–H groups in total. The molecule has 0 saturated carbocycles. The third-order valence-electron chi connectivity index (χ3n) is 3.02. The van der Waals surface area contributed by atoms with Crippen molar-refractivity contribution in [2.75, 3.05) is 5.32 Å². The number of anilines is 1. The molecule has 1 heterocycles. The number of nitrogens with zero attached hydrogens (tertiary/aromatic N) is 1. The molecule has 0 aliphatic carbocycles. The number of nitrogens with one attached hydrogen (secondary N) is 1. The van der Waals surface area contributed by atoms with Gasteiger partial charge in [0.2, 0.25) is 0 Å². The maximum atomic E-state index is 8.77. The maximum Gasteiger partial charge on any atom is 0.100 e. The van der Waals surface area contributed by atoms with E-state index in [2.05, 4.69) is 42.6 Å². The molecule has 0 fully saturated rings. The van der Waals surface area contributed by atoms with Crippen molar-refractivity contribution in [3.05, 3.63) is 51.7 Å². The summed E-state index contributed by atoms with van der Waals surface area (Å²) in [4.78, 5) is 1.19. The van der Waals surface area contributed by atoms with Crippen molar-refractivity contribution in [3.8, 4) is 6.07 Å². The minimum absolute atomic E-state index is 0.747. The van der Waals surface area contributed by atoms with Crippen molar-refractivity contribution >= 4 is 17.0 Å². The van der Waals surface area contributed by atoms with Crippen LogP contribution in [-0.4, -0.2) is 0 Å². The SMILES string of the molecule is CCCCc1ccc(NCc2cc(C#N)cs2)cc1. The Morgan fingerprint density at radius 3 is 2.68 bits per heavy atom. The molecule has 0 aliphatic heterocycles. The van der Waals surface area contributed by atoms with Crippen molar-refractivity contribution in [2.24, 2.45) is 0 Å². The minimum atomic E-state index is 0.747. The van der Waals surface area contributed by atoms with Crippen LogP contribution in [0.5, 0.6) is 0 Å². The zero-order chi connectivity index (χ0) is 13.5. The van der Waals surface area contributed by atoms with E-state index < -0.39 is 0 Å². The van der Waals surface area contributed by atoms with Crippen LogP contribution in [0.15, 0.2) is 35.7 Å². The van der Waals surface area contributed by atoms with Crippen molar-refractivity contribution < 1.29 is 0 Å². The Balaban J connectivity index is 1.87. The van der Waals surface area contributed by atoms with Gasteiger partial charge in [0.25, 0.3) is 0 Å². The third kappa shape index (κ3) is 4.11. The van der Waals surface area contributed by atoms with Gasteiger partial charge in [-0.25, -0.2) is 0 Å². The summed E-state index contributed by atoms with van der Waals surface area (Å²) in [6.45, 7) is 2.99. The van der Waals surface area contributed by atoms with Crippen LogP contribution in [0.3, 0.4) is 0 Å². The molecule has 0 amide bonds. The molecule has 0 saturated heterocycles. The topological polar surface area (TPSA) is 35.8 Å². The monoisotopic (exact) mass is 270 g/mol. The highest BCUT2D eigenvalue weighted by Gasteiger charge is 1.99. The highest BCUT2D eigenvalue weighted by Crippen LogP contribution is 2.17.